The molecule has 1 heterocycles. The average Bonchev–Trinajstić information content (AvgIpc) is 2.17. The molecule has 0 saturated carbocycles. The van der Waals surface area contributed by atoms with Crippen molar-refractivity contribution in [2.45, 2.75) is 20.3 Å². The highest BCUT2D eigenvalue weighted by molar-refractivity contribution is 5.12. The maximum Gasteiger partial charge on any atom is 0.107 e. The standard InChI is InChI=1S/C8H11O/c1-3-4-8-6-5-7(2)9-8/h4-6H,3H2,1-2H3. The first-order valence-corrected chi connectivity index (χ1v) is 3.22. The van der Waals surface area contributed by atoms with Gasteiger partial charge in [0.05, 0.1) is 0 Å². The van der Waals surface area contributed by atoms with Crippen LogP contribution in [-0.4, -0.2) is 0 Å². The zero-order valence-electron chi connectivity index (χ0n) is 5.85. The minimum atomic E-state index is 0.981. The molecule has 9 heavy (non-hydrogen) atoms. The molecule has 0 saturated heterocycles. The molecule has 1 aromatic rings. The molecule has 0 fully saturated rings. The van der Waals surface area contributed by atoms with Crippen LogP contribution in [0, 0.1) is 13.3 Å². The summed E-state index contributed by atoms with van der Waals surface area (Å²) in [4.78, 5) is 0. The first kappa shape index (κ1) is 6.40. The summed E-state index contributed by atoms with van der Waals surface area (Å²) in [7, 11) is 0. The Morgan fingerprint density at radius 1 is 1.56 bits per heavy atom. The topological polar surface area (TPSA) is 13.1 Å². The van der Waals surface area contributed by atoms with Crippen molar-refractivity contribution in [2.24, 2.45) is 0 Å². The highest BCUT2D eigenvalue weighted by Gasteiger charge is 1.94. The van der Waals surface area contributed by atoms with Gasteiger partial charge in [-0.3, -0.25) is 0 Å². The van der Waals surface area contributed by atoms with E-state index in [1.54, 1.807) is 0 Å². The second kappa shape index (κ2) is 2.72. The summed E-state index contributed by atoms with van der Waals surface area (Å²) in [6.07, 6.45) is 3.10. The molecule has 1 aromatic heterocycles. The van der Waals surface area contributed by atoms with Gasteiger partial charge in [0, 0.05) is 6.42 Å². The van der Waals surface area contributed by atoms with Gasteiger partial charge in [-0.25, -0.2) is 0 Å². The molecule has 0 aliphatic rings. The summed E-state index contributed by atoms with van der Waals surface area (Å²) in [5.74, 6) is 1.96. The van der Waals surface area contributed by atoms with E-state index in [0.29, 0.717) is 0 Å². The lowest BCUT2D eigenvalue weighted by atomic mass is 10.3. The van der Waals surface area contributed by atoms with Gasteiger partial charge in [-0.05, 0) is 25.5 Å². The molecule has 1 rings (SSSR count). The summed E-state index contributed by atoms with van der Waals surface area (Å²) in [6.45, 7) is 4.05. The van der Waals surface area contributed by atoms with E-state index in [4.69, 9.17) is 4.42 Å². The normalized spacial score (nSPS) is 10.0. The molecule has 1 heteroatoms. The van der Waals surface area contributed by atoms with Crippen molar-refractivity contribution in [3.63, 3.8) is 0 Å². The predicted octanol–water partition coefficient (Wildman–Crippen LogP) is 2.55. The van der Waals surface area contributed by atoms with E-state index in [9.17, 15) is 0 Å². The second-order valence-corrected chi connectivity index (χ2v) is 2.06. The monoisotopic (exact) mass is 123 g/mol. The van der Waals surface area contributed by atoms with Crippen molar-refractivity contribution >= 4 is 0 Å². The molecule has 0 aliphatic carbocycles. The average molecular weight is 123 g/mol. The first-order chi connectivity index (χ1) is 4.33. The second-order valence-electron chi connectivity index (χ2n) is 2.06. The van der Waals surface area contributed by atoms with Crippen molar-refractivity contribution in [1.29, 1.82) is 0 Å². The van der Waals surface area contributed by atoms with Gasteiger partial charge in [-0.2, -0.15) is 0 Å². The van der Waals surface area contributed by atoms with Crippen LogP contribution in [0.3, 0.4) is 0 Å². The van der Waals surface area contributed by atoms with Crippen molar-refractivity contribution < 1.29 is 4.42 Å². The number of hydrogen-bond acceptors (Lipinski definition) is 1. The number of rotatable bonds is 2. The third-order valence-electron chi connectivity index (χ3n) is 1.17. The van der Waals surface area contributed by atoms with Crippen molar-refractivity contribution in [3.05, 3.63) is 30.1 Å². The molecule has 1 radical (unpaired) electrons. The van der Waals surface area contributed by atoms with Gasteiger partial charge >= 0.3 is 0 Å². The van der Waals surface area contributed by atoms with Crippen LogP contribution in [0.5, 0.6) is 0 Å². The summed E-state index contributed by atoms with van der Waals surface area (Å²) < 4.78 is 5.27. The van der Waals surface area contributed by atoms with Gasteiger partial charge < -0.3 is 4.42 Å². The maximum absolute atomic E-state index is 5.27. The van der Waals surface area contributed by atoms with E-state index in [0.717, 1.165) is 17.9 Å². The van der Waals surface area contributed by atoms with Gasteiger partial charge in [0.25, 0.3) is 0 Å². The zero-order valence-corrected chi connectivity index (χ0v) is 5.85. The lowest BCUT2D eigenvalue weighted by Crippen LogP contribution is -1.70. The predicted molar refractivity (Wildman–Crippen MR) is 37.1 cm³/mol. The van der Waals surface area contributed by atoms with E-state index in [-0.39, 0.29) is 0 Å². The Morgan fingerprint density at radius 3 is 2.78 bits per heavy atom. The fourth-order valence-electron chi connectivity index (χ4n) is 0.764. The van der Waals surface area contributed by atoms with Crippen LogP contribution in [0.15, 0.2) is 16.5 Å². The number of hydrogen-bond donors (Lipinski definition) is 0. The van der Waals surface area contributed by atoms with Crippen LogP contribution in [0.4, 0.5) is 0 Å². The van der Waals surface area contributed by atoms with Crippen LogP contribution in [0.2, 0.25) is 0 Å². The molecule has 0 unspecified atom stereocenters. The maximum atomic E-state index is 5.27. The smallest absolute Gasteiger partial charge is 0.107 e. The Balaban J connectivity index is 2.61. The van der Waals surface area contributed by atoms with Gasteiger partial charge in [-0.1, -0.05) is 6.92 Å². The molecular formula is C8H11O. The Bertz CT molecular complexity index is 176. The van der Waals surface area contributed by atoms with E-state index < -0.39 is 0 Å². The molecule has 0 N–H and O–H groups in total. The lowest BCUT2D eigenvalue weighted by Gasteiger charge is -1.87. The highest BCUT2D eigenvalue weighted by Crippen LogP contribution is 2.09. The Morgan fingerprint density at radius 2 is 2.33 bits per heavy atom. The van der Waals surface area contributed by atoms with Gasteiger partial charge in [0.2, 0.25) is 0 Å². The van der Waals surface area contributed by atoms with Crippen LogP contribution < -0.4 is 0 Å². The van der Waals surface area contributed by atoms with E-state index in [1.807, 2.05) is 19.1 Å². The van der Waals surface area contributed by atoms with Crippen molar-refractivity contribution in [1.82, 2.24) is 0 Å². The van der Waals surface area contributed by atoms with Crippen LogP contribution in [0.1, 0.15) is 24.9 Å². The number of aryl methyl sites for hydroxylation is 1. The quantitative estimate of drug-likeness (QED) is 0.589. The lowest BCUT2D eigenvalue weighted by molar-refractivity contribution is 0.507. The highest BCUT2D eigenvalue weighted by atomic mass is 16.3. The molecule has 0 aromatic carbocycles. The first-order valence-electron chi connectivity index (χ1n) is 3.22. The minimum absolute atomic E-state index is 0.981. The SMILES string of the molecule is CC[CH]c1ccc(C)o1. The fraction of sp³-hybridized carbons (Fsp3) is 0.375. The zero-order chi connectivity index (χ0) is 6.69. The Labute approximate surface area is 55.7 Å². The Hall–Kier alpha value is -0.720. The summed E-state index contributed by atoms with van der Waals surface area (Å²) in [5, 5.41) is 0. The minimum Gasteiger partial charge on any atom is -0.466 e. The van der Waals surface area contributed by atoms with Crippen LogP contribution in [-0.2, 0) is 0 Å². The van der Waals surface area contributed by atoms with Gasteiger partial charge in [-0.15, -0.1) is 0 Å². The van der Waals surface area contributed by atoms with E-state index in [2.05, 4.69) is 13.3 Å². The fourth-order valence-corrected chi connectivity index (χ4v) is 0.764. The molecule has 1 nitrogen and oxygen atoms in total. The molecule has 49 valence electrons. The Kier molecular flexibility index (Phi) is 1.93. The van der Waals surface area contributed by atoms with E-state index in [1.165, 1.54) is 0 Å². The molecule has 0 aliphatic heterocycles. The number of furan rings is 1. The third kappa shape index (κ3) is 1.60. The summed E-state index contributed by atoms with van der Waals surface area (Å²) >= 11 is 0. The third-order valence-corrected chi connectivity index (χ3v) is 1.17. The summed E-state index contributed by atoms with van der Waals surface area (Å²) in [6, 6.07) is 3.96. The van der Waals surface area contributed by atoms with Crippen LogP contribution in [0.25, 0.3) is 0 Å². The largest absolute Gasteiger partial charge is 0.466 e. The molecule has 0 atom stereocenters. The van der Waals surface area contributed by atoms with E-state index >= 15 is 0 Å². The molecule has 0 amide bonds. The van der Waals surface area contributed by atoms with Crippen molar-refractivity contribution in [3.8, 4) is 0 Å². The molecule has 0 bridgehead atoms. The van der Waals surface area contributed by atoms with Crippen molar-refractivity contribution in [2.75, 3.05) is 0 Å². The molecule has 0 spiro atoms. The van der Waals surface area contributed by atoms with Gasteiger partial charge in [0.1, 0.15) is 11.5 Å². The van der Waals surface area contributed by atoms with Crippen LogP contribution >= 0.6 is 0 Å². The summed E-state index contributed by atoms with van der Waals surface area (Å²) in [5.41, 5.74) is 0. The van der Waals surface area contributed by atoms with Gasteiger partial charge in [0.15, 0.2) is 0 Å². The molecular weight excluding hydrogens is 112 g/mol.